The zero-order valence-electron chi connectivity index (χ0n) is 15.9. The molecule has 1 aliphatic heterocycles. The highest BCUT2D eigenvalue weighted by Gasteiger charge is 2.24. The lowest BCUT2D eigenvalue weighted by Gasteiger charge is -2.27. The molecule has 3 heterocycles. The van der Waals surface area contributed by atoms with Crippen LogP contribution >= 0.6 is 11.3 Å². The number of aliphatic hydroxyl groups excluding tert-OH is 1. The summed E-state index contributed by atoms with van der Waals surface area (Å²) in [6.07, 6.45) is 0.168. The lowest BCUT2D eigenvalue weighted by molar-refractivity contribution is -0.130. The third kappa shape index (κ3) is 4.13. The van der Waals surface area contributed by atoms with Gasteiger partial charge in [-0.1, -0.05) is 6.92 Å². The van der Waals surface area contributed by atoms with Gasteiger partial charge in [0.25, 0.3) is 0 Å². The lowest BCUT2D eigenvalue weighted by atomic mass is 10.1. The topological polar surface area (TPSA) is 74.5 Å². The molecule has 0 unspecified atom stereocenters. The summed E-state index contributed by atoms with van der Waals surface area (Å²) in [6, 6.07) is 1.93. The van der Waals surface area contributed by atoms with Crippen LogP contribution in [0, 0.1) is 6.92 Å². The van der Waals surface area contributed by atoms with Crippen LogP contribution in [0.2, 0.25) is 0 Å². The molecule has 8 heteroatoms. The van der Waals surface area contributed by atoms with Crippen LogP contribution in [-0.2, 0) is 30.8 Å². The van der Waals surface area contributed by atoms with Gasteiger partial charge in [0, 0.05) is 38.6 Å². The Morgan fingerprint density at radius 1 is 1.42 bits per heavy atom. The molecule has 0 radical (unpaired) electrons. The van der Waals surface area contributed by atoms with Gasteiger partial charge in [-0.2, -0.15) is 5.10 Å². The van der Waals surface area contributed by atoms with E-state index in [1.807, 2.05) is 10.7 Å². The predicted molar refractivity (Wildman–Crippen MR) is 101 cm³/mol. The van der Waals surface area contributed by atoms with Crippen LogP contribution in [0.4, 0.5) is 0 Å². The highest BCUT2D eigenvalue weighted by molar-refractivity contribution is 7.11. The van der Waals surface area contributed by atoms with Crippen LogP contribution in [0.5, 0.6) is 0 Å². The van der Waals surface area contributed by atoms with E-state index in [2.05, 4.69) is 28.8 Å². The summed E-state index contributed by atoms with van der Waals surface area (Å²) >= 11 is 1.78. The Bertz CT molecular complexity index is 783. The van der Waals surface area contributed by atoms with E-state index in [9.17, 15) is 9.90 Å². The number of carbonyl (C=O) groups excluding carboxylic acids is 1. The zero-order valence-corrected chi connectivity index (χ0v) is 16.7. The van der Waals surface area contributed by atoms with Gasteiger partial charge < -0.3 is 10.0 Å². The molecule has 1 atom stereocenters. The number of hydrogen-bond acceptors (Lipinski definition) is 6. The molecule has 1 aliphatic rings. The minimum absolute atomic E-state index is 0.0627. The van der Waals surface area contributed by atoms with Gasteiger partial charge in [-0.15, -0.1) is 11.3 Å². The molecule has 1 N–H and O–H groups in total. The lowest BCUT2D eigenvalue weighted by Crippen LogP contribution is -2.33. The summed E-state index contributed by atoms with van der Waals surface area (Å²) in [5.74, 6) is -0.0993. The Kier molecular flexibility index (Phi) is 5.74. The first-order valence-corrected chi connectivity index (χ1v) is 9.81. The van der Waals surface area contributed by atoms with E-state index in [4.69, 9.17) is 0 Å². The number of nitrogens with zero attached hydrogens (tertiary/aromatic N) is 5. The Labute approximate surface area is 158 Å². The maximum absolute atomic E-state index is 11.8. The number of rotatable bonds is 6. The van der Waals surface area contributed by atoms with Crippen molar-refractivity contribution in [3.8, 4) is 0 Å². The van der Waals surface area contributed by atoms with Crippen LogP contribution in [0.15, 0.2) is 6.07 Å². The maximum Gasteiger partial charge on any atom is 0.225 e. The second-order valence-electron chi connectivity index (χ2n) is 6.96. The Morgan fingerprint density at radius 3 is 2.88 bits per heavy atom. The fourth-order valence-corrected chi connectivity index (χ4v) is 4.28. The molecular weight excluding hydrogens is 350 g/mol. The molecule has 1 amide bonds. The number of carbonyl (C=O) groups is 1. The van der Waals surface area contributed by atoms with E-state index in [-0.39, 0.29) is 12.3 Å². The molecule has 0 bridgehead atoms. The predicted octanol–water partition coefficient (Wildman–Crippen LogP) is 1.74. The summed E-state index contributed by atoms with van der Waals surface area (Å²) in [5, 5.41) is 15.9. The van der Waals surface area contributed by atoms with Crippen LogP contribution in [0.25, 0.3) is 0 Å². The number of amides is 1. The van der Waals surface area contributed by atoms with Crippen LogP contribution in [-0.4, -0.2) is 56.2 Å². The Balaban J connectivity index is 1.67. The third-order valence-electron chi connectivity index (χ3n) is 4.69. The first-order valence-electron chi connectivity index (χ1n) is 8.99. The number of aryl methyl sites for hydroxylation is 2. The molecule has 0 aromatic carbocycles. The average molecular weight is 378 g/mol. The molecule has 2 aromatic rings. The molecular formula is C18H27N5O2S. The van der Waals surface area contributed by atoms with Gasteiger partial charge in [0.15, 0.2) is 0 Å². The van der Waals surface area contributed by atoms with Crippen LogP contribution in [0.1, 0.15) is 46.4 Å². The summed E-state index contributed by atoms with van der Waals surface area (Å²) in [7, 11) is 3.38. The van der Waals surface area contributed by atoms with E-state index < -0.39 is 6.10 Å². The highest BCUT2D eigenvalue weighted by atomic mass is 32.1. The first-order chi connectivity index (χ1) is 12.4. The summed E-state index contributed by atoms with van der Waals surface area (Å²) in [4.78, 5) is 21.6. The van der Waals surface area contributed by atoms with Crippen molar-refractivity contribution in [2.45, 2.75) is 52.4 Å². The van der Waals surface area contributed by atoms with Crippen LogP contribution < -0.4 is 0 Å². The summed E-state index contributed by atoms with van der Waals surface area (Å²) in [6.45, 7) is 7.61. The molecule has 26 heavy (non-hydrogen) atoms. The monoisotopic (exact) mass is 377 g/mol. The summed E-state index contributed by atoms with van der Waals surface area (Å²) in [5.41, 5.74) is 2.87. The molecule has 142 valence electrons. The third-order valence-corrected chi connectivity index (χ3v) is 5.69. The van der Waals surface area contributed by atoms with Crippen molar-refractivity contribution in [1.82, 2.24) is 24.6 Å². The number of hydrogen-bond donors (Lipinski definition) is 1. The Hall–Kier alpha value is -1.77. The minimum atomic E-state index is -0.854. The van der Waals surface area contributed by atoms with Gasteiger partial charge in [0.05, 0.1) is 35.1 Å². The molecule has 0 saturated carbocycles. The van der Waals surface area contributed by atoms with Crippen molar-refractivity contribution in [2.24, 2.45) is 0 Å². The van der Waals surface area contributed by atoms with Gasteiger partial charge in [0.1, 0.15) is 6.10 Å². The SMILES string of the molecule is CCc1nc(C)sc1CN1CCn2nc([C@@H](O)CC(=O)N(C)C)cc2C1. The van der Waals surface area contributed by atoms with E-state index >= 15 is 0 Å². The van der Waals surface area contributed by atoms with Crippen molar-refractivity contribution < 1.29 is 9.90 Å². The van der Waals surface area contributed by atoms with Gasteiger partial charge in [-0.25, -0.2) is 4.98 Å². The normalized spacial score (nSPS) is 15.7. The van der Waals surface area contributed by atoms with Gasteiger partial charge in [-0.05, 0) is 19.4 Å². The fraction of sp³-hybridized carbons (Fsp3) is 0.611. The molecule has 0 spiro atoms. The number of thiazole rings is 1. The molecule has 0 saturated heterocycles. The molecule has 3 rings (SSSR count). The van der Waals surface area contributed by atoms with E-state index in [1.165, 1.54) is 15.5 Å². The number of fused-ring (bicyclic) bond motifs is 1. The highest BCUT2D eigenvalue weighted by Crippen LogP contribution is 2.25. The second kappa shape index (κ2) is 7.85. The average Bonchev–Trinajstić information content (AvgIpc) is 3.17. The number of aliphatic hydroxyl groups is 1. The Morgan fingerprint density at radius 2 is 2.19 bits per heavy atom. The zero-order chi connectivity index (χ0) is 18.8. The smallest absolute Gasteiger partial charge is 0.225 e. The van der Waals surface area contributed by atoms with Crippen molar-refractivity contribution in [3.05, 3.63) is 33.0 Å². The van der Waals surface area contributed by atoms with E-state index in [1.54, 1.807) is 25.4 Å². The molecule has 0 fully saturated rings. The van der Waals surface area contributed by atoms with Crippen molar-refractivity contribution >= 4 is 17.2 Å². The van der Waals surface area contributed by atoms with Crippen molar-refractivity contribution in [3.63, 3.8) is 0 Å². The molecule has 0 aliphatic carbocycles. The van der Waals surface area contributed by atoms with Gasteiger partial charge in [0.2, 0.25) is 5.91 Å². The molecule has 7 nitrogen and oxygen atoms in total. The maximum atomic E-state index is 11.8. The quantitative estimate of drug-likeness (QED) is 0.830. The van der Waals surface area contributed by atoms with E-state index in [0.717, 1.165) is 43.3 Å². The second-order valence-corrected chi connectivity index (χ2v) is 8.25. The fourth-order valence-electron chi connectivity index (χ4n) is 3.21. The van der Waals surface area contributed by atoms with Crippen LogP contribution in [0.3, 0.4) is 0 Å². The minimum Gasteiger partial charge on any atom is -0.386 e. The largest absolute Gasteiger partial charge is 0.386 e. The summed E-state index contributed by atoms with van der Waals surface area (Å²) < 4.78 is 1.95. The van der Waals surface area contributed by atoms with Crippen molar-refractivity contribution in [1.29, 1.82) is 0 Å². The van der Waals surface area contributed by atoms with E-state index in [0.29, 0.717) is 5.69 Å². The van der Waals surface area contributed by atoms with Crippen molar-refractivity contribution in [2.75, 3.05) is 20.6 Å². The van der Waals surface area contributed by atoms with Gasteiger partial charge in [-0.3, -0.25) is 14.4 Å². The molecule has 2 aromatic heterocycles. The number of aromatic nitrogens is 3. The first kappa shape index (κ1) is 19.0. The standard InChI is InChI=1S/C18H27N5O2S/c1-5-14-17(26-12(2)19-14)11-22-6-7-23-13(10-22)8-15(20-23)16(24)9-18(25)21(3)4/h8,16,24H,5-7,9-11H2,1-4H3/t16-/m0/s1. The van der Waals surface area contributed by atoms with Gasteiger partial charge >= 0.3 is 0 Å².